The van der Waals surface area contributed by atoms with Gasteiger partial charge in [-0.3, -0.25) is 0 Å². The van der Waals surface area contributed by atoms with Crippen molar-refractivity contribution in [3.05, 3.63) is 71.9 Å². The van der Waals surface area contributed by atoms with Gasteiger partial charge in [0.15, 0.2) is 13.2 Å². The Hall–Kier alpha value is -2.82. The zero-order chi connectivity index (χ0) is 15.9. The molecule has 1 heterocycles. The second kappa shape index (κ2) is 7.45. The van der Waals surface area contributed by atoms with Gasteiger partial charge >= 0.3 is 0 Å². The molecule has 0 bridgehead atoms. The number of aromatic nitrogens is 2. The van der Waals surface area contributed by atoms with E-state index in [1.807, 2.05) is 48.5 Å². The summed E-state index contributed by atoms with van der Waals surface area (Å²) in [6.45, 7) is 2.59. The number of aryl methyl sites for hydroxylation is 1. The number of hydrogen-bond donors (Lipinski definition) is 0. The summed E-state index contributed by atoms with van der Waals surface area (Å²) in [5.41, 5.74) is 1.23. The molecule has 0 fully saturated rings. The van der Waals surface area contributed by atoms with Crippen LogP contribution >= 0.6 is 0 Å². The second-order valence-electron chi connectivity index (χ2n) is 4.98. The van der Waals surface area contributed by atoms with Gasteiger partial charge in [0.2, 0.25) is 0 Å². The fourth-order valence-corrected chi connectivity index (χ4v) is 2.07. The molecular formula is C18H18N2O3. The lowest BCUT2D eigenvalue weighted by molar-refractivity contribution is 0.231. The van der Waals surface area contributed by atoms with E-state index < -0.39 is 0 Å². The van der Waals surface area contributed by atoms with Crippen molar-refractivity contribution in [2.45, 2.75) is 26.6 Å². The van der Waals surface area contributed by atoms with Crippen molar-refractivity contribution in [1.29, 1.82) is 0 Å². The third kappa shape index (κ3) is 4.32. The van der Waals surface area contributed by atoms with E-state index in [0.29, 0.717) is 11.8 Å². The van der Waals surface area contributed by atoms with E-state index in [-0.39, 0.29) is 13.2 Å². The quantitative estimate of drug-likeness (QED) is 0.664. The van der Waals surface area contributed by atoms with Gasteiger partial charge in [-0.1, -0.05) is 37.3 Å². The monoisotopic (exact) mass is 310 g/mol. The maximum absolute atomic E-state index is 5.67. The van der Waals surface area contributed by atoms with E-state index >= 15 is 0 Å². The van der Waals surface area contributed by atoms with Crippen LogP contribution in [0, 0.1) is 0 Å². The van der Waals surface area contributed by atoms with Crippen LogP contribution < -0.4 is 9.47 Å². The van der Waals surface area contributed by atoms with Gasteiger partial charge in [-0.2, -0.15) is 0 Å². The highest BCUT2D eigenvalue weighted by atomic mass is 16.5. The van der Waals surface area contributed by atoms with E-state index in [1.54, 1.807) is 0 Å². The van der Waals surface area contributed by atoms with Crippen molar-refractivity contribution in [1.82, 2.24) is 10.2 Å². The first-order chi connectivity index (χ1) is 11.3. The van der Waals surface area contributed by atoms with Crippen molar-refractivity contribution >= 4 is 0 Å². The molecule has 0 N–H and O–H groups in total. The third-order valence-corrected chi connectivity index (χ3v) is 3.28. The summed E-state index contributed by atoms with van der Waals surface area (Å²) < 4.78 is 16.7. The zero-order valence-corrected chi connectivity index (χ0v) is 12.9. The van der Waals surface area contributed by atoms with Gasteiger partial charge < -0.3 is 13.9 Å². The number of para-hydroxylation sites is 1. The minimum atomic E-state index is 0.238. The highest BCUT2D eigenvalue weighted by molar-refractivity contribution is 5.28. The molecule has 0 aliphatic heterocycles. The molecule has 0 spiro atoms. The number of nitrogens with zero attached hydrogens (tertiary/aromatic N) is 2. The Morgan fingerprint density at radius 1 is 0.826 bits per heavy atom. The standard InChI is InChI=1S/C18H18N2O3/c1-2-14-7-6-10-16(11-14)22-13-18-20-19-17(23-18)12-21-15-8-4-3-5-9-15/h3-11H,2,12-13H2,1H3. The minimum Gasteiger partial charge on any atom is -0.484 e. The maximum atomic E-state index is 5.67. The first-order valence-electron chi connectivity index (χ1n) is 7.54. The third-order valence-electron chi connectivity index (χ3n) is 3.28. The van der Waals surface area contributed by atoms with Crippen LogP contribution in [0.1, 0.15) is 24.3 Å². The van der Waals surface area contributed by atoms with Gasteiger partial charge in [0, 0.05) is 0 Å². The molecule has 2 aromatic carbocycles. The first-order valence-corrected chi connectivity index (χ1v) is 7.54. The molecule has 0 unspecified atom stereocenters. The molecule has 1 aromatic heterocycles. The largest absolute Gasteiger partial charge is 0.484 e. The molecule has 3 aromatic rings. The van der Waals surface area contributed by atoms with Gasteiger partial charge in [-0.25, -0.2) is 0 Å². The van der Waals surface area contributed by atoms with E-state index in [1.165, 1.54) is 5.56 Å². The predicted molar refractivity (Wildman–Crippen MR) is 85.2 cm³/mol. The number of rotatable bonds is 7. The minimum absolute atomic E-state index is 0.238. The van der Waals surface area contributed by atoms with Gasteiger partial charge in [0.05, 0.1) is 0 Å². The molecule has 118 valence electrons. The average Bonchev–Trinajstić information content (AvgIpc) is 3.07. The second-order valence-corrected chi connectivity index (χ2v) is 4.98. The highest BCUT2D eigenvalue weighted by Crippen LogP contribution is 2.16. The molecule has 5 heteroatoms. The lowest BCUT2D eigenvalue weighted by atomic mass is 10.2. The summed E-state index contributed by atoms with van der Waals surface area (Å²) in [5, 5.41) is 7.92. The zero-order valence-electron chi connectivity index (χ0n) is 12.9. The van der Waals surface area contributed by atoms with Crippen LogP contribution in [0.3, 0.4) is 0 Å². The molecule has 3 rings (SSSR count). The van der Waals surface area contributed by atoms with E-state index in [2.05, 4.69) is 23.2 Å². The van der Waals surface area contributed by atoms with Gasteiger partial charge in [-0.05, 0) is 36.2 Å². The van der Waals surface area contributed by atoms with Crippen LogP contribution in [0.2, 0.25) is 0 Å². The summed E-state index contributed by atoms with van der Waals surface area (Å²) in [6.07, 6.45) is 0.971. The molecule has 0 saturated heterocycles. The van der Waals surface area contributed by atoms with Gasteiger partial charge in [0.25, 0.3) is 11.8 Å². The maximum Gasteiger partial charge on any atom is 0.254 e. The Morgan fingerprint density at radius 2 is 1.48 bits per heavy atom. The SMILES string of the molecule is CCc1cccc(OCc2nnc(COc3ccccc3)o2)c1. The number of benzene rings is 2. The average molecular weight is 310 g/mol. The summed E-state index contributed by atoms with van der Waals surface area (Å²) in [5.74, 6) is 2.41. The summed E-state index contributed by atoms with van der Waals surface area (Å²) in [6, 6.07) is 17.5. The topological polar surface area (TPSA) is 57.4 Å². The van der Waals surface area contributed by atoms with Crippen molar-refractivity contribution in [2.24, 2.45) is 0 Å². The Kier molecular flexibility index (Phi) is 4.88. The Morgan fingerprint density at radius 3 is 2.17 bits per heavy atom. The van der Waals surface area contributed by atoms with Crippen LogP contribution in [-0.4, -0.2) is 10.2 Å². The predicted octanol–water partition coefficient (Wildman–Crippen LogP) is 3.79. The van der Waals surface area contributed by atoms with E-state index in [0.717, 1.165) is 17.9 Å². The lowest BCUT2D eigenvalue weighted by Gasteiger charge is -2.04. The molecule has 23 heavy (non-hydrogen) atoms. The summed E-state index contributed by atoms with van der Waals surface area (Å²) >= 11 is 0. The van der Waals surface area contributed by atoms with Crippen molar-refractivity contribution in [3.8, 4) is 11.5 Å². The molecule has 0 radical (unpaired) electrons. The molecular weight excluding hydrogens is 292 g/mol. The fraction of sp³-hybridized carbons (Fsp3) is 0.222. The highest BCUT2D eigenvalue weighted by Gasteiger charge is 2.08. The fourth-order valence-electron chi connectivity index (χ4n) is 2.07. The molecule has 5 nitrogen and oxygen atoms in total. The Balaban J connectivity index is 1.52. The van der Waals surface area contributed by atoms with Crippen molar-refractivity contribution < 1.29 is 13.9 Å². The Labute approximate surface area is 134 Å². The van der Waals surface area contributed by atoms with Crippen molar-refractivity contribution in [3.63, 3.8) is 0 Å². The van der Waals surface area contributed by atoms with Crippen LogP contribution in [0.5, 0.6) is 11.5 Å². The van der Waals surface area contributed by atoms with Gasteiger partial charge in [-0.15, -0.1) is 10.2 Å². The molecule has 0 atom stereocenters. The smallest absolute Gasteiger partial charge is 0.254 e. The summed E-state index contributed by atoms with van der Waals surface area (Å²) in [4.78, 5) is 0. The Bertz CT molecular complexity index is 741. The number of ether oxygens (including phenoxy) is 2. The molecule has 0 aliphatic rings. The van der Waals surface area contributed by atoms with E-state index in [9.17, 15) is 0 Å². The van der Waals surface area contributed by atoms with Crippen LogP contribution in [0.15, 0.2) is 59.0 Å². The molecule has 0 aliphatic carbocycles. The van der Waals surface area contributed by atoms with E-state index in [4.69, 9.17) is 13.9 Å². The van der Waals surface area contributed by atoms with Crippen molar-refractivity contribution in [2.75, 3.05) is 0 Å². The van der Waals surface area contributed by atoms with Crippen LogP contribution in [0.4, 0.5) is 0 Å². The van der Waals surface area contributed by atoms with Crippen LogP contribution in [-0.2, 0) is 19.6 Å². The number of hydrogen-bond acceptors (Lipinski definition) is 5. The normalized spacial score (nSPS) is 10.5. The molecule has 0 saturated carbocycles. The first kappa shape index (κ1) is 15.1. The lowest BCUT2D eigenvalue weighted by Crippen LogP contribution is -1.96. The summed E-state index contributed by atoms with van der Waals surface area (Å²) in [7, 11) is 0. The van der Waals surface area contributed by atoms with Gasteiger partial charge in [0.1, 0.15) is 11.5 Å². The van der Waals surface area contributed by atoms with Crippen LogP contribution in [0.25, 0.3) is 0 Å². The molecule has 0 amide bonds.